The Morgan fingerprint density at radius 1 is 1.00 bits per heavy atom. The molecule has 0 aliphatic carbocycles. The first-order valence-corrected chi connectivity index (χ1v) is 6.86. The van der Waals surface area contributed by atoms with Crippen molar-refractivity contribution < 1.29 is 4.74 Å². The van der Waals surface area contributed by atoms with Gasteiger partial charge in [0.1, 0.15) is 5.75 Å². The normalized spacial score (nSPS) is 10.9. The van der Waals surface area contributed by atoms with E-state index >= 15 is 0 Å². The van der Waals surface area contributed by atoms with Crippen molar-refractivity contribution in [2.75, 3.05) is 7.11 Å². The number of ether oxygens (including phenoxy) is 1. The molecule has 0 radical (unpaired) electrons. The predicted octanol–water partition coefficient (Wildman–Crippen LogP) is 4.09. The van der Waals surface area contributed by atoms with Gasteiger partial charge in [-0.05, 0) is 42.7 Å². The van der Waals surface area contributed by atoms with Gasteiger partial charge in [-0.3, -0.25) is 0 Å². The fraction of sp³-hybridized carbons (Fsp3) is 0.222. The molecule has 20 heavy (non-hydrogen) atoms. The van der Waals surface area contributed by atoms with Crippen LogP contribution < -0.4 is 4.74 Å². The molecule has 0 amide bonds. The molecule has 102 valence electrons. The minimum absolute atomic E-state index is 0.906. The monoisotopic (exact) mass is 265 g/mol. The van der Waals surface area contributed by atoms with Crippen LogP contribution in [0.15, 0.2) is 48.5 Å². The molecule has 0 bridgehead atoms. The van der Waals surface area contributed by atoms with Crippen molar-refractivity contribution in [3.63, 3.8) is 0 Å². The number of aryl methyl sites for hydroxylation is 1. The van der Waals surface area contributed by atoms with Gasteiger partial charge in [-0.15, -0.1) is 0 Å². The number of fused-ring (bicyclic) bond motifs is 1. The molecule has 0 atom stereocenters. The molecule has 0 fully saturated rings. The fourth-order valence-electron chi connectivity index (χ4n) is 2.77. The minimum atomic E-state index is 0.906. The summed E-state index contributed by atoms with van der Waals surface area (Å²) in [7, 11) is 3.83. The quantitative estimate of drug-likeness (QED) is 0.696. The Morgan fingerprint density at radius 2 is 1.70 bits per heavy atom. The minimum Gasteiger partial charge on any atom is -0.497 e. The van der Waals surface area contributed by atoms with Gasteiger partial charge in [-0.1, -0.05) is 30.3 Å². The van der Waals surface area contributed by atoms with Gasteiger partial charge in [-0.25, -0.2) is 0 Å². The molecule has 0 aliphatic heterocycles. The molecule has 3 aromatic rings. The Hall–Kier alpha value is -2.22. The Bertz CT molecular complexity index is 738. The molecule has 2 heteroatoms. The van der Waals surface area contributed by atoms with Crippen molar-refractivity contribution in [3.05, 3.63) is 65.4 Å². The van der Waals surface area contributed by atoms with E-state index in [1.165, 1.54) is 27.7 Å². The maximum atomic E-state index is 5.21. The molecule has 0 spiro atoms. The number of hydrogen-bond acceptors (Lipinski definition) is 1. The Labute approximate surface area is 119 Å². The van der Waals surface area contributed by atoms with Gasteiger partial charge in [0.25, 0.3) is 0 Å². The Morgan fingerprint density at radius 3 is 2.40 bits per heavy atom. The zero-order valence-corrected chi connectivity index (χ0v) is 12.2. The standard InChI is InChI=1S/C18H19NO/c1-13-17(12-14-8-10-15(20-3)11-9-14)16-6-4-5-7-18(16)19(13)2/h4-11H,12H2,1-3H3. The average molecular weight is 265 g/mol. The molecule has 0 unspecified atom stereocenters. The summed E-state index contributed by atoms with van der Waals surface area (Å²) in [5, 5.41) is 1.35. The highest BCUT2D eigenvalue weighted by atomic mass is 16.5. The number of para-hydroxylation sites is 1. The second-order valence-corrected chi connectivity index (χ2v) is 5.16. The lowest BCUT2D eigenvalue weighted by atomic mass is 10.0. The fourth-order valence-corrected chi connectivity index (χ4v) is 2.77. The molecule has 3 rings (SSSR count). The van der Waals surface area contributed by atoms with Gasteiger partial charge < -0.3 is 9.30 Å². The predicted molar refractivity (Wildman–Crippen MR) is 83.5 cm³/mol. The van der Waals surface area contributed by atoms with Crippen LogP contribution in [0.4, 0.5) is 0 Å². The third-order valence-corrected chi connectivity index (χ3v) is 4.07. The van der Waals surface area contributed by atoms with E-state index < -0.39 is 0 Å². The van der Waals surface area contributed by atoms with Crippen LogP contribution in [0.1, 0.15) is 16.8 Å². The molecule has 0 saturated carbocycles. The third-order valence-electron chi connectivity index (χ3n) is 4.07. The van der Waals surface area contributed by atoms with Crippen LogP contribution in [0.3, 0.4) is 0 Å². The van der Waals surface area contributed by atoms with E-state index in [1.54, 1.807) is 7.11 Å². The molecule has 0 saturated heterocycles. The lowest BCUT2D eigenvalue weighted by molar-refractivity contribution is 0.414. The van der Waals surface area contributed by atoms with Gasteiger partial charge in [0.2, 0.25) is 0 Å². The molecule has 1 heterocycles. The van der Waals surface area contributed by atoms with Crippen LogP contribution in [-0.4, -0.2) is 11.7 Å². The van der Waals surface area contributed by atoms with Crippen molar-refractivity contribution in [3.8, 4) is 5.75 Å². The van der Waals surface area contributed by atoms with Crippen molar-refractivity contribution in [2.45, 2.75) is 13.3 Å². The maximum absolute atomic E-state index is 5.21. The lowest BCUT2D eigenvalue weighted by Crippen LogP contribution is -1.94. The summed E-state index contributed by atoms with van der Waals surface area (Å²) in [6.07, 6.45) is 0.956. The first-order chi connectivity index (χ1) is 9.70. The van der Waals surface area contributed by atoms with Gasteiger partial charge in [0, 0.05) is 23.6 Å². The van der Waals surface area contributed by atoms with Gasteiger partial charge >= 0.3 is 0 Å². The van der Waals surface area contributed by atoms with E-state index in [0.29, 0.717) is 0 Å². The number of benzene rings is 2. The Balaban J connectivity index is 2.03. The zero-order chi connectivity index (χ0) is 14.1. The third kappa shape index (κ3) is 2.07. The number of aromatic nitrogens is 1. The van der Waals surface area contributed by atoms with Crippen LogP contribution in [0.25, 0.3) is 10.9 Å². The first-order valence-electron chi connectivity index (χ1n) is 6.86. The van der Waals surface area contributed by atoms with Gasteiger partial charge in [0.05, 0.1) is 7.11 Å². The molecular weight excluding hydrogens is 246 g/mol. The topological polar surface area (TPSA) is 14.2 Å². The van der Waals surface area contributed by atoms with E-state index in [-0.39, 0.29) is 0 Å². The highest BCUT2D eigenvalue weighted by Crippen LogP contribution is 2.27. The number of rotatable bonds is 3. The lowest BCUT2D eigenvalue weighted by Gasteiger charge is -2.05. The van der Waals surface area contributed by atoms with Gasteiger partial charge in [0.15, 0.2) is 0 Å². The number of methoxy groups -OCH3 is 1. The van der Waals surface area contributed by atoms with Crippen LogP contribution >= 0.6 is 0 Å². The molecule has 0 N–H and O–H groups in total. The highest BCUT2D eigenvalue weighted by molar-refractivity contribution is 5.85. The van der Waals surface area contributed by atoms with Crippen LogP contribution in [0, 0.1) is 6.92 Å². The van der Waals surface area contributed by atoms with Crippen LogP contribution in [0.5, 0.6) is 5.75 Å². The molecule has 2 nitrogen and oxygen atoms in total. The summed E-state index contributed by atoms with van der Waals surface area (Å²) in [6.45, 7) is 2.19. The SMILES string of the molecule is COc1ccc(Cc2c(C)n(C)c3ccccc23)cc1. The number of hydrogen-bond donors (Lipinski definition) is 0. The van der Waals surface area contributed by atoms with E-state index in [4.69, 9.17) is 4.74 Å². The van der Waals surface area contributed by atoms with Crippen molar-refractivity contribution in [1.82, 2.24) is 4.57 Å². The van der Waals surface area contributed by atoms with Crippen molar-refractivity contribution in [2.24, 2.45) is 7.05 Å². The van der Waals surface area contributed by atoms with Gasteiger partial charge in [-0.2, -0.15) is 0 Å². The van der Waals surface area contributed by atoms with Crippen molar-refractivity contribution in [1.29, 1.82) is 0 Å². The second-order valence-electron chi connectivity index (χ2n) is 5.16. The summed E-state index contributed by atoms with van der Waals surface area (Å²) >= 11 is 0. The summed E-state index contributed by atoms with van der Waals surface area (Å²) in [6, 6.07) is 16.9. The highest BCUT2D eigenvalue weighted by Gasteiger charge is 2.11. The van der Waals surface area contributed by atoms with E-state index in [9.17, 15) is 0 Å². The summed E-state index contributed by atoms with van der Waals surface area (Å²) in [5.74, 6) is 0.906. The van der Waals surface area contributed by atoms with Crippen LogP contribution in [0.2, 0.25) is 0 Å². The van der Waals surface area contributed by atoms with E-state index in [0.717, 1.165) is 12.2 Å². The second kappa shape index (κ2) is 5.04. The Kier molecular flexibility index (Phi) is 3.23. The molecular formula is C18H19NO. The maximum Gasteiger partial charge on any atom is 0.118 e. The largest absolute Gasteiger partial charge is 0.497 e. The molecule has 0 aliphatic rings. The molecule has 2 aromatic carbocycles. The zero-order valence-electron chi connectivity index (χ0n) is 12.2. The van der Waals surface area contributed by atoms with E-state index in [2.05, 4.69) is 54.9 Å². The summed E-state index contributed by atoms with van der Waals surface area (Å²) < 4.78 is 7.49. The van der Waals surface area contributed by atoms with Crippen molar-refractivity contribution >= 4 is 10.9 Å². The summed E-state index contributed by atoms with van der Waals surface area (Å²) in [5.41, 5.74) is 5.36. The summed E-state index contributed by atoms with van der Waals surface area (Å²) in [4.78, 5) is 0. The first kappa shape index (κ1) is 12.8. The van der Waals surface area contributed by atoms with Crippen LogP contribution in [-0.2, 0) is 13.5 Å². The number of nitrogens with zero attached hydrogens (tertiary/aromatic N) is 1. The molecule has 1 aromatic heterocycles. The average Bonchev–Trinajstić information content (AvgIpc) is 2.74. The smallest absolute Gasteiger partial charge is 0.118 e. The van der Waals surface area contributed by atoms with E-state index in [1.807, 2.05) is 12.1 Å².